The normalized spacial score (nSPS) is 16.0. The van der Waals surface area contributed by atoms with E-state index in [9.17, 15) is 0 Å². The topological polar surface area (TPSA) is 37.0 Å². The van der Waals surface area contributed by atoms with Crippen LogP contribution in [-0.4, -0.2) is 16.6 Å². The van der Waals surface area contributed by atoms with Crippen molar-refractivity contribution in [3.8, 4) is 0 Å². The van der Waals surface area contributed by atoms with E-state index in [1.165, 1.54) is 24.8 Å². The maximum atomic E-state index is 6.26. The van der Waals surface area contributed by atoms with Gasteiger partial charge in [-0.15, -0.1) is 0 Å². The predicted molar refractivity (Wildman–Crippen MR) is 122 cm³/mol. The second-order valence-corrected chi connectivity index (χ2v) is 9.15. The number of pyridine rings is 1. The summed E-state index contributed by atoms with van der Waals surface area (Å²) < 4.78 is 0.782. The van der Waals surface area contributed by atoms with Crippen molar-refractivity contribution in [3.63, 3.8) is 0 Å². The van der Waals surface area contributed by atoms with Crippen molar-refractivity contribution in [1.82, 2.24) is 10.3 Å². The van der Waals surface area contributed by atoms with Crippen molar-refractivity contribution in [2.45, 2.75) is 44.4 Å². The number of nitrogens with zero attached hydrogens (tertiary/aromatic N) is 1. The van der Waals surface area contributed by atoms with Crippen LogP contribution in [0.1, 0.15) is 43.4 Å². The number of halogens is 3. The van der Waals surface area contributed by atoms with E-state index < -0.39 is 0 Å². The Morgan fingerprint density at radius 3 is 2.67 bits per heavy atom. The summed E-state index contributed by atoms with van der Waals surface area (Å²) in [5.74, 6) is 0.662. The lowest BCUT2D eigenvalue weighted by atomic mass is 9.69. The van der Waals surface area contributed by atoms with Gasteiger partial charge in [0.2, 0.25) is 0 Å². The van der Waals surface area contributed by atoms with Crippen LogP contribution in [0.15, 0.2) is 34.8 Å². The second kappa shape index (κ2) is 9.08. The van der Waals surface area contributed by atoms with Crippen LogP contribution in [-0.2, 0) is 5.41 Å². The van der Waals surface area contributed by atoms with Gasteiger partial charge >= 0.3 is 0 Å². The summed E-state index contributed by atoms with van der Waals surface area (Å²) in [4.78, 5) is 4.46. The first kappa shape index (κ1) is 20.8. The van der Waals surface area contributed by atoms with Crippen LogP contribution in [0, 0.1) is 6.92 Å². The summed E-state index contributed by atoms with van der Waals surface area (Å²) in [5.41, 5.74) is 2.09. The van der Waals surface area contributed by atoms with E-state index >= 15 is 0 Å². The maximum Gasteiger partial charge on any atom is 0.172 e. The van der Waals surface area contributed by atoms with E-state index in [1.807, 2.05) is 25.1 Å². The minimum absolute atomic E-state index is 0.0511. The van der Waals surface area contributed by atoms with Crippen LogP contribution in [0.25, 0.3) is 0 Å². The highest BCUT2D eigenvalue weighted by Crippen LogP contribution is 2.39. The fraction of sp³-hybridized carbons (Fsp3) is 0.400. The van der Waals surface area contributed by atoms with Gasteiger partial charge in [-0.1, -0.05) is 54.6 Å². The zero-order valence-electron chi connectivity index (χ0n) is 15.1. The Hall–Kier alpha value is -0.880. The largest absolute Gasteiger partial charge is 0.362 e. The number of rotatable bonds is 4. The van der Waals surface area contributed by atoms with Gasteiger partial charge < -0.3 is 10.6 Å². The third-order valence-corrected chi connectivity index (χ3v) is 6.64. The molecule has 27 heavy (non-hydrogen) atoms. The lowest BCUT2D eigenvalue weighted by molar-refractivity contribution is 0.292. The monoisotopic (exact) mass is 485 g/mol. The van der Waals surface area contributed by atoms with E-state index in [4.69, 9.17) is 35.4 Å². The molecule has 0 unspecified atom stereocenters. The molecular weight excluding hydrogens is 465 g/mol. The highest BCUT2D eigenvalue weighted by atomic mass is 79.9. The molecule has 2 N–H and O–H groups in total. The number of aryl methyl sites for hydroxylation is 1. The van der Waals surface area contributed by atoms with E-state index in [0.717, 1.165) is 34.6 Å². The van der Waals surface area contributed by atoms with Gasteiger partial charge in [0, 0.05) is 17.0 Å². The molecule has 144 valence electrons. The van der Waals surface area contributed by atoms with Crippen LogP contribution in [0.4, 0.5) is 5.82 Å². The first-order chi connectivity index (χ1) is 12.9. The van der Waals surface area contributed by atoms with Crippen molar-refractivity contribution in [1.29, 1.82) is 0 Å². The molecule has 1 aromatic carbocycles. The first-order valence-corrected chi connectivity index (χ1v) is 11.0. The van der Waals surface area contributed by atoms with Gasteiger partial charge in [0.15, 0.2) is 5.11 Å². The molecule has 1 heterocycles. The molecule has 0 bridgehead atoms. The quantitative estimate of drug-likeness (QED) is 0.474. The molecule has 3 nitrogen and oxygen atoms in total. The molecule has 1 aliphatic rings. The molecule has 0 amide bonds. The van der Waals surface area contributed by atoms with Crippen molar-refractivity contribution in [2.24, 2.45) is 0 Å². The highest BCUT2D eigenvalue weighted by Gasteiger charge is 2.34. The molecule has 3 rings (SSSR count). The summed E-state index contributed by atoms with van der Waals surface area (Å²) in [5, 5.41) is 8.53. The van der Waals surface area contributed by atoms with E-state index in [0.29, 0.717) is 16.0 Å². The number of aromatic nitrogens is 1. The Morgan fingerprint density at radius 1 is 1.22 bits per heavy atom. The van der Waals surface area contributed by atoms with Crippen molar-refractivity contribution in [2.75, 3.05) is 11.9 Å². The fourth-order valence-electron chi connectivity index (χ4n) is 3.66. The Balaban J connectivity index is 1.72. The Bertz CT molecular complexity index is 838. The molecule has 2 aromatic rings. The summed E-state index contributed by atoms with van der Waals surface area (Å²) in [6, 6.07) is 10.0. The predicted octanol–water partition coefficient (Wildman–Crippen LogP) is 6.65. The lowest BCUT2D eigenvalue weighted by Gasteiger charge is -2.38. The van der Waals surface area contributed by atoms with Gasteiger partial charge in [-0.25, -0.2) is 4.98 Å². The van der Waals surface area contributed by atoms with E-state index in [-0.39, 0.29) is 5.41 Å². The van der Waals surface area contributed by atoms with Gasteiger partial charge in [-0.05, 0) is 71.7 Å². The fourth-order valence-corrected chi connectivity index (χ4v) is 4.72. The first-order valence-electron chi connectivity index (χ1n) is 9.03. The number of thiocarbonyl (C=S) groups is 1. The minimum atomic E-state index is 0.0511. The van der Waals surface area contributed by atoms with E-state index in [1.54, 1.807) is 0 Å². The maximum absolute atomic E-state index is 6.26. The van der Waals surface area contributed by atoms with Gasteiger partial charge in [-0.2, -0.15) is 0 Å². The van der Waals surface area contributed by atoms with Crippen molar-refractivity contribution < 1.29 is 0 Å². The molecule has 0 spiro atoms. The Kier molecular flexibility index (Phi) is 7.01. The number of hydrogen-bond acceptors (Lipinski definition) is 2. The summed E-state index contributed by atoms with van der Waals surface area (Å²) in [7, 11) is 0. The van der Waals surface area contributed by atoms with Crippen LogP contribution in [0.5, 0.6) is 0 Å². The van der Waals surface area contributed by atoms with Crippen LogP contribution >= 0.6 is 51.3 Å². The molecule has 0 saturated heterocycles. The Labute approximate surface area is 184 Å². The van der Waals surface area contributed by atoms with Gasteiger partial charge in [0.25, 0.3) is 0 Å². The number of hydrogen-bond donors (Lipinski definition) is 2. The van der Waals surface area contributed by atoms with Crippen molar-refractivity contribution in [3.05, 3.63) is 56.1 Å². The summed E-state index contributed by atoms with van der Waals surface area (Å²) in [6.45, 7) is 2.63. The summed E-state index contributed by atoms with van der Waals surface area (Å²) in [6.07, 6.45) is 5.98. The standard InChI is InChI=1S/C20H22BrCl2N3S/c1-13-17(23)11-16(21)18(25-13)26-19(27)24-12-20(8-3-2-4-9-20)14-6-5-7-15(22)10-14/h5-7,10-11H,2-4,8-9,12H2,1H3,(H2,24,25,26,27). The molecule has 1 aliphatic carbocycles. The number of nitrogens with one attached hydrogen (secondary N) is 2. The van der Waals surface area contributed by atoms with E-state index in [2.05, 4.69) is 43.7 Å². The third-order valence-electron chi connectivity index (χ3n) is 5.17. The van der Waals surface area contributed by atoms with Crippen LogP contribution < -0.4 is 10.6 Å². The molecule has 1 aromatic heterocycles. The molecular formula is C20H22BrCl2N3S. The highest BCUT2D eigenvalue weighted by molar-refractivity contribution is 9.10. The molecule has 7 heteroatoms. The Morgan fingerprint density at radius 2 is 1.96 bits per heavy atom. The van der Waals surface area contributed by atoms with Crippen LogP contribution in [0.2, 0.25) is 10.0 Å². The van der Waals surface area contributed by atoms with Gasteiger partial charge in [0.1, 0.15) is 5.82 Å². The molecule has 1 saturated carbocycles. The molecule has 0 aliphatic heterocycles. The zero-order chi connectivity index (χ0) is 19.4. The average Bonchev–Trinajstić information content (AvgIpc) is 2.65. The second-order valence-electron chi connectivity index (χ2n) is 7.05. The summed E-state index contributed by atoms with van der Waals surface area (Å²) >= 11 is 21.4. The van der Waals surface area contributed by atoms with Gasteiger partial charge in [0.05, 0.1) is 15.2 Å². The molecule has 1 fully saturated rings. The zero-order valence-corrected chi connectivity index (χ0v) is 19.0. The average molecular weight is 487 g/mol. The van der Waals surface area contributed by atoms with Gasteiger partial charge in [-0.3, -0.25) is 0 Å². The third kappa shape index (κ3) is 5.14. The number of benzene rings is 1. The molecule has 0 atom stereocenters. The lowest BCUT2D eigenvalue weighted by Crippen LogP contribution is -2.43. The minimum Gasteiger partial charge on any atom is -0.362 e. The van der Waals surface area contributed by atoms with Crippen molar-refractivity contribution >= 4 is 62.3 Å². The SMILES string of the molecule is Cc1nc(NC(=S)NCC2(c3cccc(Cl)c3)CCCCC2)c(Br)cc1Cl. The molecule has 0 radical (unpaired) electrons. The number of anilines is 1. The van der Waals surface area contributed by atoms with Crippen LogP contribution in [0.3, 0.4) is 0 Å². The smallest absolute Gasteiger partial charge is 0.172 e.